The summed E-state index contributed by atoms with van der Waals surface area (Å²) in [7, 11) is 1.57. The van der Waals surface area contributed by atoms with Crippen LogP contribution in [0.15, 0.2) is 12.3 Å². The molecule has 0 aromatic carbocycles. The van der Waals surface area contributed by atoms with Crippen molar-refractivity contribution in [2.24, 2.45) is 0 Å². The summed E-state index contributed by atoms with van der Waals surface area (Å²) in [5, 5.41) is 2.12. The van der Waals surface area contributed by atoms with Crippen molar-refractivity contribution in [3.05, 3.63) is 12.3 Å². The number of amides is 3. The van der Waals surface area contributed by atoms with Gasteiger partial charge in [-0.1, -0.05) is 6.08 Å². The molecule has 0 saturated heterocycles. The van der Waals surface area contributed by atoms with E-state index in [0.717, 1.165) is 0 Å². The summed E-state index contributed by atoms with van der Waals surface area (Å²) in [6, 6.07) is -0.421. The Labute approximate surface area is 65.9 Å². The number of rotatable bonds is 1. The fraction of sp³-hybridized carbons (Fsp3) is 0.429. The van der Waals surface area contributed by atoms with E-state index in [1.807, 2.05) is 0 Å². The fourth-order valence-electron chi connectivity index (χ4n) is 0.530. The highest BCUT2D eigenvalue weighted by Gasteiger charge is 2.04. The molecule has 0 aromatic rings. The van der Waals surface area contributed by atoms with Crippen molar-refractivity contribution in [3.63, 3.8) is 0 Å². The maximum absolute atomic E-state index is 10.9. The number of imide groups is 1. The van der Waals surface area contributed by atoms with Gasteiger partial charge in [-0.05, 0) is 6.92 Å². The molecule has 4 nitrogen and oxygen atoms in total. The zero-order chi connectivity index (χ0) is 8.85. The van der Waals surface area contributed by atoms with E-state index in [2.05, 4.69) is 5.32 Å². The number of urea groups is 1. The van der Waals surface area contributed by atoms with Crippen molar-refractivity contribution in [3.8, 4) is 0 Å². The smallest absolute Gasteiger partial charge is 0.304 e. The predicted molar refractivity (Wildman–Crippen MR) is 41.8 cm³/mol. The molecule has 0 aliphatic carbocycles. The van der Waals surface area contributed by atoms with Gasteiger partial charge in [-0.15, -0.1) is 0 Å². The molecule has 1 N–H and O–H groups in total. The van der Waals surface area contributed by atoms with Crippen LogP contribution in [-0.2, 0) is 4.79 Å². The normalized spacial score (nSPS) is 9.73. The topological polar surface area (TPSA) is 49.4 Å². The maximum atomic E-state index is 10.9. The van der Waals surface area contributed by atoms with Gasteiger partial charge in [0.25, 0.3) is 0 Å². The summed E-state index contributed by atoms with van der Waals surface area (Å²) in [4.78, 5) is 22.6. The van der Waals surface area contributed by atoms with E-state index >= 15 is 0 Å². The second-order valence-electron chi connectivity index (χ2n) is 2.08. The van der Waals surface area contributed by atoms with Crippen LogP contribution >= 0.6 is 0 Å². The molecule has 0 rings (SSSR count). The maximum Gasteiger partial charge on any atom is 0.327 e. The van der Waals surface area contributed by atoms with Gasteiger partial charge in [-0.2, -0.15) is 0 Å². The van der Waals surface area contributed by atoms with Crippen molar-refractivity contribution >= 4 is 11.9 Å². The Bertz CT molecular complexity index is 187. The summed E-state index contributed by atoms with van der Waals surface area (Å²) in [5.41, 5.74) is 0. The van der Waals surface area contributed by atoms with Gasteiger partial charge in [0.1, 0.15) is 0 Å². The Hall–Kier alpha value is -1.32. The minimum atomic E-state index is -0.421. The van der Waals surface area contributed by atoms with Crippen molar-refractivity contribution in [1.29, 1.82) is 0 Å². The number of hydrogen-bond acceptors (Lipinski definition) is 2. The molecule has 0 radical (unpaired) electrons. The lowest BCUT2D eigenvalue weighted by atomic mass is 10.6. The fourth-order valence-corrected chi connectivity index (χ4v) is 0.530. The molecule has 4 heteroatoms. The minimum absolute atomic E-state index is 0.355. The molecule has 0 heterocycles. The molecule has 0 spiro atoms. The average molecular weight is 156 g/mol. The Kier molecular flexibility index (Phi) is 3.95. The Morgan fingerprint density at radius 2 is 2.00 bits per heavy atom. The SMILES string of the molecule is C/C=C/N(C)C(=O)NC(C)=O. The first-order chi connectivity index (χ1) is 5.07. The van der Waals surface area contributed by atoms with Gasteiger partial charge in [0.05, 0.1) is 0 Å². The first-order valence-corrected chi connectivity index (χ1v) is 3.25. The third-order valence-electron chi connectivity index (χ3n) is 0.976. The summed E-state index contributed by atoms with van der Waals surface area (Å²) < 4.78 is 0. The number of hydrogen-bond donors (Lipinski definition) is 1. The molecule has 0 bridgehead atoms. The highest BCUT2D eigenvalue weighted by Crippen LogP contribution is 1.84. The molecule has 0 aliphatic heterocycles. The van der Waals surface area contributed by atoms with Crippen molar-refractivity contribution in [1.82, 2.24) is 10.2 Å². The lowest BCUT2D eigenvalue weighted by Gasteiger charge is -2.10. The molecule has 0 aromatic heterocycles. The van der Waals surface area contributed by atoms with Crippen LogP contribution in [0.25, 0.3) is 0 Å². The summed E-state index contributed by atoms with van der Waals surface area (Å²) in [6.45, 7) is 3.08. The third kappa shape index (κ3) is 4.13. The lowest BCUT2D eigenvalue weighted by molar-refractivity contribution is -0.118. The van der Waals surface area contributed by atoms with Crippen LogP contribution in [-0.4, -0.2) is 23.9 Å². The molecule has 0 atom stereocenters. The van der Waals surface area contributed by atoms with Gasteiger partial charge in [0.2, 0.25) is 5.91 Å². The first-order valence-electron chi connectivity index (χ1n) is 3.25. The van der Waals surface area contributed by atoms with Crippen LogP contribution in [0.1, 0.15) is 13.8 Å². The van der Waals surface area contributed by atoms with E-state index in [4.69, 9.17) is 0 Å². The number of carbonyl (C=O) groups excluding carboxylic acids is 2. The van der Waals surface area contributed by atoms with Gasteiger partial charge in [-0.25, -0.2) is 4.79 Å². The molecular weight excluding hydrogens is 144 g/mol. The van der Waals surface area contributed by atoms with Crippen LogP contribution in [0.2, 0.25) is 0 Å². The zero-order valence-electron chi connectivity index (χ0n) is 6.92. The number of nitrogens with one attached hydrogen (secondary N) is 1. The van der Waals surface area contributed by atoms with Gasteiger partial charge < -0.3 is 4.90 Å². The van der Waals surface area contributed by atoms with Crippen LogP contribution in [0.5, 0.6) is 0 Å². The standard InChI is InChI=1S/C7H12N2O2/c1-4-5-9(3)7(11)8-6(2)10/h4-5H,1-3H3,(H,8,10,11)/b5-4+. The monoisotopic (exact) mass is 156 g/mol. The lowest BCUT2D eigenvalue weighted by Crippen LogP contribution is -2.36. The van der Waals surface area contributed by atoms with Crippen LogP contribution in [0.3, 0.4) is 0 Å². The Morgan fingerprint density at radius 3 is 2.36 bits per heavy atom. The molecule has 11 heavy (non-hydrogen) atoms. The van der Waals surface area contributed by atoms with Crippen molar-refractivity contribution in [2.75, 3.05) is 7.05 Å². The molecule has 0 unspecified atom stereocenters. The van der Waals surface area contributed by atoms with E-state index < -0.39 is 6.03 Å². The van der Waals surface area contributed by atoms with Crippen LogP contribution in [0, 0.1) is 0 Å². The largest absolute Gasteiger partial charge is 0.327 e. The minimum Gasteiger partial charge on any atom is -0.304 e. The first kappa shape index (κ1) is 9.68. The molecule has 0 saturated carbocycles. The van der Waals surface area contributed by atoms with E-state index in [-0.39, 0.29) is 5.91 Å². The van der Waals surface area contributed by atoms with E-state index in [0.29, 0.717) is 0 Å². The second kappa shape index (κ2) is 4.49. The van der Waals surface area contributed by atoms with Crippen LogP contribution in [0.4, 0.5) is 4.79 Å². The average Bonchev–Trinajstić information content (AvgIpc) is 1.86. The van der Waals surface area contributed by atoms with Gasteiger partial charge in [0, 0.05) is 20.2 Å². The third-order valence-corrected chi connectivity index (χ3v) is 0.976. The predicted octanol–water partition coefficient (Wildman–Crippen LogP) is 0.708. The quantitative estimate of drug-likeness (QED) is 0.607. The highest BCUT2D eigenvalue weighted by molar-refractivity contribution is 5.93. The zero-order valence-corrected chi connectivity index (χ0v) is 6.92. The Morgan fingerprint density at radius 1 is 1.45 bits per heavy atom. The van der Waals surface area contributed by atoms with Gasteiger partial charge >= 0.3 is 6.03 Å². The number of carbonyl (C=O) groups is 2. The molecular formula is C7H12N2O2. The van der Waals surface area contributed by atoms with Crippen molar-refractivity contribution in [2.45, 2.75) is 13.8 Å². The van der Waals surface area contributed by atoms with E-state index in [1.54, 1.807) is 26.2 Å². The van der Waals surface area contributed by atoms with Gasteiger partial charge in [0.15, 0.2) is 0 Å². The molecule has 0 aliphatic rings. The van der Waals surface area contributed by atoms with Crippen LogP contribution < -0.4 is 5.32 Å². The molecule has 0 fully saturated rings. The summed E-state index contributed by atoms with van der Waals surface area (Å²) >= 11 is 0. The van der Waals surface area contributed by atoms with E-state index in [1.165, 1.54) is 11.8 Å². The number of allylic oxidation sites excluding steroid dienone is 1. The second-order valence-corrected chi connectivity index (χ2v) is 2.08. The molecule has 3 amide bonds. The highest BCUT2D eigenvalue weighted by atomic mass is 16.2. The van der Waals surface area contributed by atoms with Crippen molar-refractivity contribution < 1.29 is 9.59 Å². The Balaban J connectivity index is 3.93. The molecule has 62 valence electrons. The summed E-state index contributed by atoms with van der Waals surface area (Å²) in [6.07, 6.45) is 3.28. The van der Waals surface area contributed by atoms with E-state index in [9.17, 15) is 9.59 Å². The summed E-state index contributed by atoms with van der Waals surface area (Å²) in [5.74, 6) is -0.355. The van der Waals surface area contributed by atoms with Gasteiger partial charge in [-0.3, -0.25) is 10.1 Å². The number of nitrogens with zero attached hydrogens (tertiary/aromatic N) is 1.